The first kappa shape index (κ1) is 32.3. The van der Waals surface area contributed by atoms with E-state index in [1.807, 2.05) is 0 Å². The number of rotatable bonds is 13. The van der Waals surface area contributed by atoms with Crippen LogP contribution in [0.4, 0.5) is 0 Å². The molecule has 0 aromatic rings. The predicted molar refractivity (Wildman–Crippen MR) is 111 cm³/mol. The summed E-state index contributed by atoms with van der Waals surface area (Å²) in [6, 6.07) is 0. The Kier molecular flexibility index (Phi) is 21.6. The maximum Gasteiger partial charge on any atom is 0.394 e. The average Bonchev–Trinajstić information content (AvgIpc) is 2.49. The van der Waals surface area contributed by atoms with E-state index in [2.05, 4.69) is 26.1 Å². The van der Waals surface area contributed by atoms with Crippen LogP contribution in [0.2, 0.25) is 0 Å². The van der Waals surface area contributed by atoms with Crippen LogP contribution in [0.1, 0.15) is 85.0 Å². The highest BCUT2D eigenvalue weighted by Gasteiger charge is 2.12. The van der Waals surface area contributed by atoms with Crippen molar-refractivity contribution in [3.05, 3.63) is 0 Å². The van der Waals surface area contributed by atoms with Crippen LogP contribution < -0.4 is 11.1 Å². The van der Waals surface area contributed by atoms with Crippen LogP contribution in [0.5, 0.6) is 0 Å². The Morgan fingerprint density at radius 3 is 1.29 bits per heavy atom. The molecule has 0 aromatic carbocycles. The predicted octanol–water partition coefficient (Wildman–Crippen LogP) is 2.93. The quantitative estimate of drug-likeness (QED) is 0.179. The maximum absolute atomic E-state index is 8.74. The largest absolute Gasteiger partial charge is 0.394 e. The molecule has 0 spiro atoms. The van der Waals surface area contributed by atoms with Crippen LogP contribution in [0, 0.1) is 0 Å². The van der Waals surface area contributed by atoms with Crippen molar-refractivity contribution in [3.63, 3.8) is 0 Å². The topological polar surface area (TPSA) is 187 Å². The van der Waals surface area contributed by atoms with Gasteiger partial charge in [0.2, 0.25) is 0 Å². The molecule has 0 saturated carbocycles. The Morgan fingerprint density at radius 2 is 1.00 bits per heavy atom. The van der Waals surface area contributed by atoms with Crippen LogP contribution in [-0.4, -0.2) is 53.7 Å². The van der Waals surface area contributed by atoms with E-state index in [4.69, 9.17) is 40.8 Å². The molecule has 0 aromatic heterocycles. The second-order valence-electron chi connectivity index (χ2n) is 7.09. The van der Waals surface area contributed by atoms with Gasteiger partial charge in [-0.2, -0.15) is 16.8 Å². The fourth-order valence-electron chi connectivity index (χ4n) is 2.11. The Bertz CT molecular complexity index is 491. The van der Waals surface area contributed by atoms with Gasteiger partial charge in [0, 0.05) is 12.1 Å². The highest BCUT2D eigenvalue weighted by Crippen LogP contribution is 2.10. The Labute approximate surface area is 170 Å². The van der Waals surface area contributed by atoms with Crippen molar-refractivity contribution >= 4 is 20.8 Å². The second kappa shape index (κ2) is 18.7. The first-order valence-electron chi connectivity index (χ1n) is 9.47. The number of nitrogens with one attached hydrogen (secondary N) is 1. The van der Waals surface area contributed by atoms with E-state index in [0.717, 1.165) is 6.54 Å². The van der Waals surface area contributed by atoms with E-state index < -0.39 is 20.8 Å². The monoisotopic (exact) mass is 452 g/mol. The summed E-state index contributed by atoms with van der Waals surface area (Å²) in [7, 11) is -9.33. The summed E-state index contributed by atoms with van der Waals surface area (Å²) in [5.74, 6) is 0. The van der Waals surface area contributed by atoms with Gasteiger partial charge in [-0.1, -0.05) is 64.7 Å². The lowest BCUT2D eigenvalue weighted by molar-refractivity contribution is 0.378. The average molecular weight is 453 g/mol. The molecule has 7 N–H and O–H groups in total. The number of hydrogen-bond acceptors (Lipinski definition) is 6. The fourth-order valence-corrected chi connectivity index (χ4v) is 2.11. The van der Waals surface area contributed by atoms with Crippen molar-refractivity contribution in [1.29, 1.82) is 0 Å². The molecule has 0 aliphatic carbocycles. The molecule has 0 amide bonds. The lowest BCUT2D eigenvalue weighted by atomic mass is 10.0. The standard InChI is InChI=1S/C16H36N2.2H2O4S/c1-4-5-6-7-8-9-10-11-12-13-14-18-16(2,3)15-17;2*1-5(2,3)4/h18H,4-15,17H2,1-3H3;2*(H2,1,2,3,4). The zero-order chi connectivity index (χ0) is 22.7. The summed E-state index contributed by atoms with van der Waals surface area (Å²) < 4.78 is 63.2. The molecule has 0 heterocycles. The molecule has 0 bridgehead atoms. The van der Waals surface area contributed by atoms with Crippen molar-refractivity contribution in [3.8, 4) is 0 Å². The summed E-state index contributed by atoms with van der Waals surface area (Å²) in [4.78, 5) is 0. The van der Waals surface area contributed by atoms with E-state index in [0.29, 0.717) is 6.54 Å². The Morgan fingerprint density at radius 1 is 0.714 bits per heavy atom. The molecule has 0 rings (SSSR count). The Hall–Kier alpha value is -0.340. The van der Waals surface area contributed by atoms with Gasteiger partial charge in [0.25, 0.3) is 0 Å². The van der Waals surface area contributed by atoms with Crippen molar-refractivity contribution in [2.45, 2.75) is 90.5 Å². The number of hydrogen-bond donors (Lipinski definition) is 6. The summed E-state index contributed by atoms with van der Waals surface area (Å²) in [6.07, 6.45) is 14.0. The van der Waals surface area contributed by atoms with Gasteiger partial charge in [-0.15, -0.1) is 0 Å². The lowest BCUT2D eigenvalue weighted by Gasteiger charge is -2.24. The fraction of sp³-hybridized carbons (Fsp3) is 1.00. The van der Waals surface area contributed by atoms with Crippen molar-refractivity contribution in [2.24, 2.45) is 5.73 Å². The molecule has 0 fully saturated rings. The number of unbranched alkanes of at least 4 members (excludes halogenated alkanes) is 9. The van der Waals surface area contributed by atoms with Crippen LogP contribution in [0.25, 0.3) is 0 Å². The first-order valence-corrected chi connectivity index (χ1v) is 12.3. The minimum Gasteiger partial charge on any atom is -0.329 e. The van der Waals surface area contributed by atoms with Crippen molar-refractivity contribution in [2.75, 3.05) is 13.1 Å². The van der Waals surface area contributed by atoms with E-state index >= 15 is 0 Å². The van der Waals surface area contributed by atoms with Gasteiger partial charge in [0.05, 0.1) is 0 Å². The summed E-state index contributed by atoms with van der Waals surface area (Å²) in [6.45, 7) is 8.44. The van der Waals surface area contributed by atoms with Crippen LogP contribution in [0.3, 0.4) is 0 Å². The minimum atomic E-state index is -4.67. The van der Waals surface area contributed by atoms with Crippen LogP contribution in [-0.2, 0) is 20.8 Å². The minimum absolute atomic E-state index is 0.110. The van der Waals surface area contributed by atoms with Crippen molar-refractivity contribution in [1.82, 2.24) is 5.32 Å². The van der Waals surface area contributed by atoms with Gasteiger partial charge in [-0.25, -0.2) is 0 Å². The van der Waals surface area contributed by atoms with Gasteiger partial charge in [-0.05, 0) is 26.8 Å². The Balaban J connectivity index is -0.000000512. The summed E-state index contributed by atoms with van der Waals surface area (Å²) >= 11 is 0. The zero-order valence-corrected chi connectivity index (χ0v) is 18.9. The lowest BCUT2D eigenvalue weighted by Crippen LogP contribution is -2.46. The van der Waals surface area contributed by atoms with E-state index in [1.54, 1.807) is 0 Å². The third kappa shape index (κ3) is 56.2. The van der Waals surface area contributed by atoms with Gasteiger partial charge in [0.15, 0.2) is 0 Å². The molecule has 0 aliphatic heterocycles. The first-order chi connectivity index (χ1) is 12.6. The molecule has 10 nitrogen and oxygen atoms in total. The van der Waals surface area contributed by atoms with Gasteiger partial charge in [0.1, 0.15) is 0 Å². The molecular weight excluding hydrogens is 412 g/mol. The van der Waals surface area contributed by atoms with Crippen molar-refractivity contribution < 1.29 is 35.0 Å². The molecule has 0 unspecified atom stereocenters. The summed E-state index contributed by atoms with van der Waals surface area (Å²) in [5.41, 5.74) is 5.78. The van der Waals surface area contributed by atoms with Gasteiger partial charge in [-0.3, -0.25) is 18.2 Å². The molecule has 0 saturated heterocycles. The molecule has 0 radical (unpaired) electrons. The van der Waals surface area contributed by atoms with Gasteiger partial charge >= 0.3 is 20.8 Å². The van der Waals surface area contributed by atoms with E-state index in [9.17, 15) is 0 Å². The second-order valence-corrected chi connectivity index (χ2v) is 8.88. The molecule has 28 heavy (non-hydrogen) atoms. The summed E-state index contributed by atoms with van der Waals surface area (Å²) in [5, 5.41) is 3.51. The smallest absolute Gasteiger partial charge is 0.329 e. The molecule has 0 aliphatic rings. The zero-order valence-electron chi connectivity index (χ0n) is 17.3. The highest BCUT2D eigenvalue weighted by molar-refractivity contribution is 7.80. The molecule has 0 atom stereocenters. The van der Waals surface area contributed by atoms with Crippen LogP contribution >= 0.6 is 0 Å². The van der Waals surface area contributed by atoms with E-state index in [-0.39, 0.29) is 5.54 Å². The highest BCUT2D eigenvalue weighted by atomic mass is 32.3. The molecule has 12 heteroatoms. The van der Waals surface area contributed by atoms with E-state index in [1.165, 1.54) is 64.2 Å². The number of nitrogens with two attached hydrogens (primary N) is 1. The SMILES string of the molecule is CCCCCCCCCCCCNC(C)(C)CN.O=S(=O)(O)O.O=S(=O)(O)O. The molecular formula is C16H40N2O8S2. The normalized spacial score (nSPS) is 11.9. The van der Waals surface area contributed by atoms with Crippen LogP contribution in [0.15, 0.2) is 0 Å². The molecule has 174 valence electrons. The third-order valence-electron chi connectivity index (χ3n) is 3.64. The van der Waals surface area contributed by atoms with Gasteiger partial charge < -0.3 is 11.1 Å². The maximum atomic E-state index is 8.74. The third-order valence-corrected chi connectivity index (χ3v) is 3.64.